The maximum atomic E-state index is 13.1. The number of likely N-dealkylation sites (tertiary alicyclic amines) is 2. The van der Waals surface area contributed by atoms with Gasteiger partial charge < -0.3 is 9.80 Å². The summed E-state index contributed by atoms with van der Waals surface area (Å²) in [5, 5.41) is 0. The molecule has 28 heavy (non-hydrogen) atoms. The van der Waals surface area contributed by atoms with Crippen LogP contribution in [0.25, 0.3) is 0 Å². The van der Waals surface area contributed by atoms with Crippen molar-refractivity contribution in [1.82, 2.24) is 9.80 Å². The zero-order chi connectivity index (χ0) is 20.0. The van der Waals surface area contributed by atoms with Crippen LogP contribution in [0.4, 0.5) is 0 Å². The Bertz CT molecular complexity index is 936. The fourth-order valence-corrected chi connectivity index (χ4v) is 4.91. The summed E-state index contributed by atoms with van der Waals surface area (Å²) < 4.78 is 0. The first-order chi connectivity index (χ1) is 13.4. The molecule has 2 amide bonds. The molecule has 0 aromatic heterocycles. The van der Waals surface area contributed by atoms with Gasteiger partial charge in [0, 0.05) is 44.0 Å². The Morgan fingerprint density at radius 1 is 0.893 bits per heavy atom. The highest BCUT2D eigenvalue weighted by molar-refractivity contribution is 5.94. The van der Waals surface area contributed by atoms with Gasteiger partial charge in [0.2, 0.25) is 5.91 Å². The Balaban J connectivity index is 1.61. The molecule has 2 heterocycles. The van der Waals surface area contributed by atoms with Crippen LogP contribution >= 0.6 is 0 Å². The van der Waals surface area contributed by atoms with Crippen molar-refractivity contribution in [3.63, 3.8) is 0 Å². The number of hydrogen-bond acceptors (Lipinski definition) is 2. The second kappa shape index (κ2) is 7.08. The maximum absolute atomic E-state index is 13.1. The van der Waals surface area contributed by atoms with Gasteiger partial charge in [-0.15, -0.1) is 0 Å². The topological polar surface area (TPSA) is 40.6 Å². The first kappa shape index (κ1) is 18.7. The molecule has 3 atom stereocenters. The van der Waals surface area contributed by atoms with Gasteiger partial charge in [-0.05, 0) is 55.2 Å². The molecule has 0 saturated carbocycles. The lowest BCUT2D eigenvalue weighted by molar-refractivity contribution is -0.130. The number of nitrogens with zero attached hydrogens (tertiary/aromatic N) is 2. The van der Waals surface area contributed by atoms with Crippen molar-refractivity contribution in [2.24, 2.45) is 11.8 Å². The van der Waals surface area contributed by atoms with Crippen LogP contribution in [-0.2, 0) is 4.79 Å². The van der Waals surface area contributed by atoms with E-state index in [9.17, 15) is 9.59 Å². The molecule has 146 valence electrons. The Morgan fingerprint density at radius 2 is 1.64 bits per heavy atom. The summed E-state index contributed by atoms with van der Waals surface area (Å²) in [6.07, 6.45) is 0. The Labute approximate surface area is 167 Å². The van der Waals surface area contributed by atoms with E-state index < -0.39 is 0 Å². The average Bonchev–Trinajstić information content (AvgIpc) is 3.22. The van der Waals surface area contributed by atoms with Crippen LogP contribution in [0.3, 0.4) is 0 Å². The highest BCUT2D eigenvalue weighted by Gasteiger charge is 2.49. The second-order valence-electron chi connectivity index (χ2n) is 8.41. The van der Waals surface area contributed by atoms with Gasteiger partial charge in [0.1, 0.15) is 0 Å². The van der Waals surface area contributed by atoms with Crippen molar-refractivity contribution in [2.75, 3.05) is 19.6 Å². The summed E-state index contributed by atoms with van der Waals surface area (Å²) in [6, 6.07) is 14.3. The van der Waals surface area contributed by atoms with E-state index in [4.69, 9.17) is 0 Å². The molecule has 2 aliphatic heterocycles. The number of carbonyl (C=O) groups is 2. The van der Waals surface area contributed by atoms with Crippen molar-refractivity contribution < 1.29 is 9.59 Å². The fourth-order valence-electron chi connectivity index (χ4n) is 4.91. The van der Waals surface area contributed by atoms with Gasteiger partial charge >= 0.3 is 0 Å². The minimum absolute atomic E-state index is 0.0567. The van der Waals surface area contributed by atoms with E-state index in [0.717, 1.165) is 24.2 Å². The first-order valence-electron chi connectivity index (χ1n) is 10.1. The van der Waals surface area contributed by atoms with Gasteiger partial charge in [0.25, 0.3) is 5.91 Å². The van der Waals surface area contributed by atoms with Crippen LogP contribution in [0.15, 0.2) is 42.5 Å². The Kier molecular flexibility index (Phi) is 4.74. The third kappa shape index (κ3) is 3.11. The predicted molar refractivity (Wildman–Crippen MR) is 110 cm³/mol. The largest absolute Gasteiger partial charge is 0.338 e. The van der Waals surface area contributed by atoms with Gasteiger partial charge in [-0.3, -0.25) is 9.59 Å². The molecule has 2 aromatic carbocycles. The van der Waals surface area contributed by atoms with Crippen LogP contribution in [-0.4, -0.2) is 41.2 Å². The van der Waals surface area contributed by atoms with Gasteiger partial charge in [-0.25, -0.2) is 0 Å². The second-order valence-corrected chi connectivity index (χ2v) is 8.41. The van der Waals surface area contributed by atoms with Crippen LogP contribution in [0.2, 0.25) is 0 Å². The third-order valence-electron chi connectivity index (χ3n) is 6.62. The first-order valence-corrected chi connectivity index (χ1v) is 10.1. The van der Waals surface area contributed by atoms with Crippen LogP contribution in [0, 0.1) is 32.6 Å². The Hall–Kier alpha value is -2.62. The van der Waals surface area contributed by atoms with Gasteiger partial charge in [0.15, 0.2) is 0 Å². The molecule has 0 radical (unpaired) electrons. The number of rotatable bonds is 2. The zero-order valence-corrected chi connectivity index (χ0v) is 17.1. The van der Waals surface area contributed by atoms with Crippen molar-refractivity contribution in [1.29, 1.82) is 0 Å². The quantitative estimate of drug-likeness (QED) is 0.797. The third-order valence-corrected chi connectivity index (χ3v) is 6.62. The van der Waals surface area contributed by atoms with E-state index in [2.05, 4.69) is 26.0 Å². The summed E-state index contributed by atoms with van der Waals surface area (Å²) in [7, 11) is 0. The molecular formula is C24H28N2O2. The monoisotopic (exact) mass is 376 g/mol. The lowest BCUT2D eigenvalue weighted by atomic mass is 9.87. The van der Waals surface area contributed by atoms with Crippen LogP contribution < -0.4 is 0 Å². The molecule has 0 spiro atoms. The molecule has 2 fully saturated rings. The number of carbonyl (C=O) groups excluding carboxylic acids is 2. The van der Waals surface area contributed by atoms with E-state index in [1.807, 2.05) is 47.1 Å². The predicted octanol–water partition coefficient (Wildman–Crippen LogP) is 3.90. The van der Waals surface area contributed by atoms with Crippen molar-refractivity contribution in [3.8, 4) is 0 Å². The summed E-state index contributed by atoms with van der Waals surface area (Å²) >= 11 is 0. The molecular weight excluding hydrogens is 348 g/mol. The standard InChI is InChI=1S/C24H28N2O2/c1-15-9-10-19(11-17(15)3)24(28)25-12-20-13-26(18(4)27)23(22(20)14-25)21-8-6-5-7-16(21)2/h5-11,20,22-23H,12-14H2,1-4H3/t20-,22-,23-/m1/s1. The van der Waals surface area contributed by atoms with E-state index in [-0.39, 0.29) is 17.9 Å². The molecule has 0 unspecified atom stereocenters. The molecule has 0 bridgehead atoms. The zero-order valence-electron chi connectivity index (χ0n) is 17.1. The summed E-state index contributed by atoms with van der Waals surface area (Å²) in [5.74, 6) is 0.856. The normalized spacial score (nSPS) is 23.8. The summed E-state index contributed by atoms with van der Waals surface area (Å²) in [4.78, 5) is 29.4. The molecule has 4 nitrogen and oxygen atoms in total. The number of hydrogen-bond donors (Lipinski definition) is 0. The number of fused-ring (bicyclic) bond motifs is 1. The molecule has 2 aliphatic rings. The van der Waals surface area contributed by atoms with Gasteiger partial charge in [0.05, 0.1) is 6.04 Å². The molecule has 2 aromatic rings. The smallest absolute Gasteiger partial charge is 0.253 e. The SMILES string of the molecule is CC(=O)N1C[C@H]2CN(C(=O)c3ccc(C)c(C)c3)C[C@H]2[C@H]1c1ccccc1C. The van der Waals surface area contributed by atoms with Crippen LogP contribution in [0.5, 0.6) is 0 Å². The molecule has 4 rings (SSSR count). The fraction of sp³-hybridized carbons (Fsp3) is 0.417. The number of amides is 2. The van der Waals surface area contributed by atoms with Crippen LogP contribution in [0.1, 0.15) is 45.6 Å². The van der Waals surface area contributed by atoms with E-state index in [0.29, 0.717) is 18.4 Å². The van der Waals surface area contributed by atoms with Gasteiger partial charge in [-0.1, -0.05) is 30.3 Å². The van der Waals surface area contributed by atoms with E-state index >= 15 is 0 Å². The number of aryl methyl sites for hydroxylation is 3. The molecule has 0 aliphatic carbocycles. The summed E-state index contributed by atoms with van der Waals surface area (Å²) in [6.45, 7) is 10.0. The minimum atomic E-state index is 0.0567. The summed E-state index contributed by atoms with van der Waals surface area (Å²) in [5.41, 5.74) is 5.53. The molecule has 0 N–H and O–H groups in total. The van der Waals surface area contributed by atoms with Crippen molar-refractivity contribution in [3.05, 3.63) is 70.3 Å². The van der Waals surface area contributed by atoms with Gasteiger partial charge in [-0.2, -0.15) is 0 Å². The average molecular weight is 377 g/mol. The molecule has 4 heteroatoms. The van der Waals surface area contributed by atoms with Crippen molar-refractivity contribution >= 4 is 11.8 Å². The lowest BCUT2D eigenvalue weighted by Gasteiger charge is -2.30. The van der Waals surface area contributed by atoms with E-state index in [1.165, 1.54) is 16.7 Å². The van der Waals surface area contributed by atoms with E-state index in [1.54, 1.807) is 6.92 Å². The van der Waals surface area contributed by atoms with Crippen molar-refractivity contribution in [2.45, 2.75) is 33.7 Å². The highest BCUT2D eigenvalue weighted by Crippen LogP contribution is 2.46. The highest BCUT2D eigenvalue weighted by atomic mass is 16.2. The lowest BCUT2D eigenvalue weighted by Crippen LogP contribution is -2.36. The number of benzene rings is 2. The minimum Gasteiger partial charge on any atom is -0.338 e. The maximum Gasteiger partial charge on any atom is 0.253 e. The molecule has 2 saturated heterocycles. The Morgan fingerprint density at radius 3 is 2.32 bits per heavy atom.